The van der Waals surface area contributed by atoms with Gasteiger partial charge >= 0.3 is 0 Å². The lowest BCUT2D eigenvalue weighted by molar-refractivity contribution is 0.0637. The van der Waals surface area contributed by atoms with E-state index in [2.05, 4.69) is 28.2 Å². The Bertz CT molecular complexity index is 428. The van der Waals surface area contributed by atoms with E-state index < -0.39 is 0 Å². The zero-order chi connectivity index (χ0) is 13.1. The topological polar surface area (TPSA) is 30.5 Å². The Morgan fingerprint density at radius 3 is 2.89 bits per heavy atom. The number of anilines is 1. The van der Waals surface area contributed by atoms with Crippen LogP contribution >= 0.6 is 27.5 Å². The van der Waals surface area contributed by atoms with E-state index in [1.807, 2.05) is 12.1 Å². The summed E-state index contributed by atoms with van der Waals surface area (Å²) in [4.78, 5) is 0. The molecule has 3 nitrogen and oxygen atoms in total. The Morgan fingerprint density at radius 2 is 2.28 bits per heavy atom. The average Bonchev–Trinajstić information content (AvgIpc) is 2.72. The molecule has 0 amide bonds. The minimum absolute atomic E-state index is 0.266. The predicted octanol–water partition coefficient (Wildman–Crippen LogP) is 4.09. The van der Waals surface area contributed by atoms with Gasteiger partial charge in [-0.05, 0) is 47.8 Å². The third kappa shape index (κ3) is 3.31. The lowest BCUT2D eigenvalue weighted by atomic mass is 10.2. The van der Waals surface area contributed by atoms with E-state index in [1.54, 1.807) is 7.11 Å². The molecule has 0 aromatic heterocycles. The highest BCUT2D eigenvalue weighted by atomic mass is 79.9. The summed E-state index contributed by atoms with van der Waals surface area (Å²) in [6.07, 6.45) is 2.85. The largest absolute Gasteiger partial charge is 0.493 e. The molecule has 100 valence electrons. The summed E-state index contributed by atoms with van der Waals surface area (Å²) in [5.74, 6) is 0.769. The number of rotatable bonds is 4. The van der Waals surface area contributed by atoms with E-state index in [1.165, 1.54) is 0 Å². The van der Waals surface area contributed by atoms with E-state index >= 15 is 0 Å². The van der Waals surface area contributed by atoms with Crippen molar-refractivity contribution >= 4 is 33.2 Å². The van der Waals surface area contributed by atoms with Crippen LogP contribution in [0.1, 0.15) is 19.8 Å². The SMILES string of the molecule is COc1c(Br)cc(Cl)cc1NCC1CCC(C)O1. The molecule has 5 heteroatoms. The number of hydrogen-bond acceptors (Lipinski definition) is 3. The summed E-state index contributed by atoms with van der Waals surface area (Å²) in [6, 6.07) is 3.68. The second kappa shape index (κ2) is 6.13. The number of halogens is 2. The molecule has 0 spiro atoms. The Labute approximate surface area is 121 Å². The van der Waals surface area contributed by atoms with Crippen molar-refractivity contribution in [2.24, 2.45) is 0 Å². The molecule has 1 fully saturated rings. The van der Waals surface area contributed by atoms with Crippen LogP contribution in [0.4, 0.5) is 5.69 Å². The zero-order valence-electron chi connectivity index (χ0n) is 10.5. The van der Waals surface area contributed by atoms with Gasteiger partial charge in [0.15, 0.2) is 5.75 Å². The summed E-state index contributed by atoms with van der Waals surface area (Å²) in [5.41, 5.74) is 0.889. The molecule has 1 saturated heterocycles. The molecule has 0 aliphatic carbocycles. The Morgan fingerprint density at radius 1 is 1.50 bits per heavy atom. The Balaban J connectivity index is 2.04. The summed E-state index contributed by atoms with van der Waals surface area (Å²) < 4.78 is 12.0. The van der Waals surface area contributed by atoms with Gasteiger partial charge < -0.3 is 14.8 Å². The lowest BCUT2D eigenvalue weighted by Crippen LogP contribution is -2.20. The van der Waals surface area contributed by atoms with Crippen LogP contribution in [0.5, 0.6) is 5.75 Å². The first-order valence-electron chi connectivity index (χ1n) is 6.02. The summed E-state index contributed by atoms with van der Waals surface area (Å²) >= 11 is 9.48. The van der Waals surface area contributed by atoms with Crippen LogP contribution in [0.15, 0.2) is 16.6 Å². The van der Waals surface area contributed by atoms with Crippen LogP contribution in [0, 0.1) is 0 Å². The highest BCUT2D eigenvalue weighted by Gasteiger charge is 2.22. The molecular weight excluding hydrogens is 318 g/mol. The molecule has 1 aromatic carbocycles. The highest BCUT2D eigenvalue weighted by molar-refractivity contribution is 9.10. The van der Waals surface area contributed by atoms with Crippen molar-refractivity contribution in [3.05, 3.63) is 21.6 Å². The first kappa shape index (κ1) is 14.0. The van der Waals surface area contributed by atoms with Gasteiger partial charge in [0.05, 0.1) is 29.5 Å². The molecule has 18 heavy (non-hydrogen) atoms. The molecule has 1 aliphatic rings. The molecule has 2 rings (SSSR count). The number of benzene rings is 1. The average molecular weight is 335 g/mol. The summed E-state index contributed by atoms with van der Waals surface area (Å²) in [6.45, 7) is 2.88. The van der Waals surface area contributed by atoms with Crippen LogP contribution in [-0.2, 0) is 4.74 Å². The molecule has 1 N–H and O–H groups in total. The molecule has 0 bridgehead atoms. The molecule has 1 aromatic rings. The van der Waals surface area contributed by atoms with Crippen LogP contribution in [0.3, 0.4) is 0 Å². The van der Waals surface area contributed by atoms with E-state index in [0.29, 0.717) is 11.1 Å². The zero-order valence-corrected chi connectivity index (χ0v) is 12.8. The maximum Gasteiger partial charge on any atom is 0.156 e. The molecular formula is C13H17BrClNO2. The fourth-order valence-corrected chi connectivity index (χ4v) is 3.13. The van der Waals surface area contributed by atoms with E-state index in [0.717, 1.165) is 35.3 Å². The molecule has 0 saturated carbocycles. The van der Waals surface area contributed by atoms with Crippen LogP contribution in [0.25, 0.3) is 0 Å². The van der Waals surface area contributed by atoms with Gasteiger partial charge in [0.2, 0.25) is 0 Å². The normalized spacial score (nSPS) is 23.1. The highest BCUT2D eigenvalue weighted by Crippen LogP contribution is 2.36. The molecule has 2 unspecified atom stereocenters. The Hall–Kier alpha value is -0.450. The van der Waals surface area contributed by atoms with Gasteiger partial charge in [0, 0.05) is 11.6 Å². The van der Waals surface area contributed by atoms with E-state index in [9.17, 15) is 0 Å². The van der Waals surface area contributed by atoms with Gasteiger partial charge in [0.1, 0.15) is 0 Å². The molecule has 1 aliphatic heterocycles. The minimum atomic E-state index is 0.266. The Kier molecular flexibility index (Phi) is 4.76. The number of ether oxygens (including phenoxy) is 2. The van der Waals surface area contributed by atoms with Crippen molar-refractivity contribution in [1.82, 2.24) is 0 Å². The molecule has 2 atom stereocenters. The number of methoxy groups -OCH3 is 1. The van der Waals surface area contributed by atoms with Crippen molar-refractivity contribution in [1.29, 1.82) is 0 Å². The van der Waals surface area contributed by atoms with Gasteiger partial charge in [-0.15, -0.1) is 0 Å². The van der Waals surface area contributed by atoms with E-state index in [-0.39, 0.29) is 6.10 Å². The minimum Gasteiger partial charge on any atom is -0.493 e. The van der Waals surface area contributed by atoms with Crippen molar-refractivity contribution < 1.29 is 9.47 Å². The summed E-state index contributed by atoms with van der Waals surface area (Å²) in [5, 5.41) is 4.02. The fraction of sp³-hybridized carbons (Fsp3) is 0.538. The first-order chi connectivity index (χ1) is 8.60. The van der Waals surface area contributed by atoms with E-state index in [4.69, 9.17) is 21.1 Å². The lowest BCUT2D eigenvalue weighted by Gasteiger charge is -2.16. The van der Waals surface area contributed by atoms with Crippen LogP contribution in [-0.4, -0.2) is 25.9 Å². The number of hydrogen-bond donors (Lipinski definition) is 1. The predicted molar refractivity (Wildman–Crippen MR) is 77.8 cm³/mol. The fourth-order valence-electron chi connectivity index (χ4n) is 2.16. The van der Waals surface area contributed by atoms with Crippen molar-refractivity contribution in [2.75, 3.05) is 19.0 Å². The first-order valence-corrected chi connectivity index (χ1v) is 7.19. The van der Waals surface area contributed by atoms with Gasteiger partial charge in [-0.3, -0.25) is 0 Å². The van der Waals surface area contributed by atoms with Crippen molar-refractivity contribution in [2.45, 2.75) is 32.0 Å². The second-order valence-corrected chi connectivity index (χ2v) is 5.79. The third-order valence-electron chi connectivity index (χ3n) is 3.05. The summed E-state index contributed by atoms with van der Waals surface area (Å²) in [7, 11) is 1.65. The maximum atomic E-state index is 6.04. The van der Waals surface area contributed by atoms with Gasteiger partial charge in [-0.2, -0.15) is 0 Å². The monoisotopic (exact) mass is 333 g/mol. The van der Waals surface area contributed by atoms with Crippen molar-refractivity contribution in [3.63, 3.8) is 0 Å². The number of nitrogens with one attached hydrogen (secondary N) is 1. The third-order valence-corrected chi connectivity index (χ3v) is 3.86. The van der Waals surface area contributed by atoms with Gasteiger partial charge in [-0.25, -0.2) is 0 Å². The molecule has 0 radical (unpaired) electrons. The van der Waals surface area contributed by atoms with Gasteiger partial charge in [-0.1, -0.05) is 11.6 Å². The standard InChI is InChI=1S/C13H17BrClNO2/c1-8-3-4-10(18-8)7-16-12-6-9(15)5-11(14)13(12)17-2/h5-6,8,10,16H,3-4,7H2,1-2H3. The second-order valence-electron chi connectivity index (χ2n) is 4.50. The maximum absolute atomic E-state index is 6.04. The quantitative estimate of drug-likeness (QED) is 0.899. The van der Waals surface area contributed by atoms with Crippen molar-refractivity contribution in [3.8, 4) is 5.75 Å². The van der Waals surface area contributed by atoms with Crippen LogP contribution in [0.2, 0.25) is 5.02 Å². The molecule has 1 heterocycles. The van der Waals surface area contributed by atoms with Crippen LogP contribution < -0.4 is 10.1 Å². The smallest absolute Gasteiger partial charge is 0.156 e. The van der Waals surface area contributed by atoms with Gasteiger partial charge in [0.25, 0.3) is 0 Å².